The number of anilines is 1. The second-order valence-corrected chi connectivity index (χ2v) is 9.93. The Labute approximate surface area is 202 Å². The molecule has 174 valence electrons. The number of amides is 2. The summed E-state index contributed by atoms with van der Waals surface area (Å²) < 4.78 is 5.51. The van der Waals surface area contributed by atoms with Crippen LogP contribution in [0.3, 0.4) is 0 Å². The van der Waals surface area contributed by atoms with E-state index in [0.717, 1.165) is 17.5 Å². The van der Waals surface area contributed by atoms with Crippen LogP contribution in [0.1, 0.15) is 33.6 Å². The van der Waals surface area contributed by atoms with Crippen molar-refractivity contribution in [2.75, 3.05) is 18.5 Å². The molecule has 1 N–H and O–H groups in total. The van der Waals surface area contributed by atoms with Crippen molar-refractivity contribution in [2.24, 2.45) is 0 Å². The van der Waals surface area contributed by atoms with Gasteiger partial charge < -0.3 is 14.6 Å². The van der Waals surface area contributed by atoms with Gasteiger partial charge in [-0.15, -0.1) is 0 Å². The Bertz CT molecular complexity index is 1180. The van der Waals surface area contributed by atoms with Crippen molar-refractivity contribution in [1.29, 1.82) is 0 Å². The fourth-order valence-electron chi connectivity index (χ4n) is 4.00. The predicted octanol–water partition coefficient (Wildman–Crippen LogP) is 5.90. The number of fused-ring (bicyclic) bond motifs is 1. The molecule has 1 atom stereocenters. The smallest absolute Gasteiger partial charge is 0.410 e. The number of para-hydroxylation sites is 1. The van der Waals surface area contributed by atoms with Gasteiger partial charge in [0.25, 0.3) is 0 Å². The Hall–Kier alpha value is -2.77. The van der Waals surface area contributed by atoms with Crippen LogP contribution in [0.5, 0.6) is 0 Å². The SMILES string of the molecule is CN(C(=O)C1CCCN1C(=O)OC(C)(C)C)c1ccccc1-c1nc2cc(Cl)c(Cl)cc2[nH]1. The zero-order valence-corrected chi connectivity index (χ0v) is 20.5. The first-order valence-electron chi connectivity index (χ1n) is 10.8. The van der Waals surface area contributed by atoms with E-state index in [-0.39, 0.29) is 5.91 Å². The minimum Gasteiger partial charge on any atom is -0.444 e. The molecule has 4 rings (SSSR count). The number of aromatic nitrogens is 2. The normalized spacial score (nSPS) is 16.3. The summed E-state index contributed by atoms with van der Waals surface area (Å²) in [5.74, 6) is 0.419. The average Bonchev–Trinajstić information content (AvgIpc) is 3.39. The fraction of sp³-hybridized carbons (Fsp3) is 0.375. The van der Waals surface area contributed by atoms with Crippen molar-refractivity contribution >= 4 is 51.9 Å². The highest BCUT2D eigenvalue weighted by Crippen LogP contribution is 2.33. The van der Waals surface area contributed by atoms with Crippen LogP contribution in [0.15, 0.2) is 36.4 Å². The van der Waals surface area contributed by atoms with Gasteiger partial charge in [0.05, 0.1) is 26.8 Å². The molecule has 2 heterocycles. The quantitative estimate of drug-likeness (QED) is 0.497. The van der Waals surface area contributed by atoms with Crippen molar-refractivity contribution in [3.05, 3.63) is 46.4 Å². The number of likely N-dealkylation sites (N-methyl/N-ethyl adjacent to an activating group) is 1. The van der Waals surface area contributed by atoms with Crippen LogP contribution in [0.25, 0.3) is 22.4 Å². The first-order chi connectivity index (χ1) is 15.5. The zero-order valence-electron chi connectivity index (χ0n) is 19.0. The van der Waals surface area contributed by atoms with Crippen molar-refractivity contribution in [1.82, 2.24) is 14.9 Å². The third-order valence-electron chi connectivity index (χ3n) is 5.54. The lowest BCUT2D eigenvalue weighted by molar-refractivity contribution is -0.122. The lowest BCUT2D eigenvalue weighted by atomic mass is 10.1. The molecule has 9 heteroatoms. The summed E-state index contributed by atoms with van der Waals surface area (Å²) in [6, 6.07) is 10.3. The minimum absolute atomic E-state index is 0.173. The molecule has 7 nitrogen and oxygen atoms in total. The molecule has 0 bridgehead atoms. The number of carbonyl (C=O) groups excluding carboxylic acids is 2. The average molecular weight is 489 g/mol. The maximum absolute atomic E-state index is 13.5. The molecular weight excluding hydrogens is 463 g/mol. The van der Waals surface area contributed by atoms with Gasteiger partial charge in [-0.25, -0.2) is 9.78 Å². The summed E-state index contributed by atoms with van der Waals surface area (Å²) in [5, 5.41) is 0.856. The number of carbonyl (C=O) groups is 2. The Morgan fingerprint density at radius 3 is 2.61 bits per heavy atom. The molecule has 0 radical (unpaired) electrons. The number of nitrogens with zero attached hydrogens (tertiary/aromatic N) is 3. The van der Waals surface area contributed by atoms with E-state index in [2.05, 4.69) is 9.97 Å². The maximum Gasteiger partial charge on any atom is 0.410 e. The molecule has 1 aliphatic heterocycles. The van der Waals surface area contributed by atoms with Gasteiger partial charge in [-0.2, -0.15) is 0 Å². The number of H-pyrrole nitrogens is 1. The number of imidazole rings is 1. The first kappa shape index (κ1) is 23.4. The number of likely N-dealkylation sites (tertiary alicyclic amines) is 1. The summed E-state index contributed by atoms with van der Waals surface area (Å²) in [4.78, 5) is 37.2. The van der Waals surface area contributed by atoms with E-state index in [1.54, 1.807) is 24.1 Å². The third kappa shape index (κ3) is 4.80. The molecule has 0 saturated carbocycles. The Morgan fingerprint density at radius 1 is 1.18 bits per heavy atom. The third-order valence-corrected chi connectivity index (χ3v) is 6.26. The van der Waals surface area contributed by atoms with Crippen LogP contribution in [0.2, 0.25) is 10.0 Å². The van der Waals surface area contributed by atoms with E-state index in [1.165, 1.54) is 4.90 Å². The molecule has 33 heavy (non-hydrogen) atoms. The summed E-state index contributed by atoms with van der Waals surface area (Å²) in [5.41, 5.74) is 2.22. The molecular formula is C24H26Cl2N4O3. The standard InChI is InChI=1S/C24H26Cl2N4O3/c1-24(2,3)33-23(32)30-11-7-10-20(30)22(31)29(4)19-9-6-5-8-14(19)21-27-17-12-15(25)16(26)13-18(17)28-21/h5-6,8-9,12-13,20H,7,10-11H2,1-4H3,(H,27,28). The predicted molar refractivity (Wildman–Crippen MR) is 131 cm³/mol. The lowest BCUT2D eigenvalue weighted by Gasteiger charge is -2.30. The van der Waals surface area contributed by atoms with Gasteiger partial charge in [-0.1, -0.05) is 35.3 Å². The highest BCUT2D eigenvalue weighted by Gasteiger charge is 2.38. The minimum atomic E-state index is -0.626. The number of hydrogen-bond acceptors (Lipinski definition) is 4. The number of nitrogens with one attached hydrogen (secondary N) is 1. The van der Waals surface area contributed by atoms with E-state index in [0.29, 0.717) is 40.0 Å². The molecule has 1 saturated heterocycles. The highest BCUT2D eigenvalue weighted by atomic mass is 35.5. The van der Waals surface area contributed by atoms with E-state index in [4.69, 9.17) is 27.9 Å². The van der Waals surface area contributed by atoms with Crippen LogP contribution in [-0.2, 0) is 9.53 Å². The Morgan fingerprint density at radius 2 is 1.88 bits per heavy atom. The van der Waals surface area contributed by atoms with Gasteiger partial charge in [0.15, 0.2) is 0 Å². The van der Waals surface area contributed by atoms with Crippen molar-refractivity contribution in [3.8, 4) is 11.4 Å². The van der Waals surface area contributed by atoms with E-state index in [9.17, 15) is 9.59 Å². The van der Waals surface area contributed by atoms with E-state index in [1.807, 2.05) is 45.0 Å². The van der Waals surface area contributed by atoms with Gasteiger partial charge >= 0.3 is 6.09 Å². The zero-order chi connectivity index (χ0) is 23.9. The number of rotatable bonds is 3. The molecule has 1 unspecified atom stereocenters. The van der Waals surface area contributed by atoms with Crippen molar-refractivity contribution in [2.45, 2.75) is 45.3 Å². The van der Waals surface area contributed by atoms with E-state index >= 15 is 0 Å². The fourth-order valence-corrected chi connectivity index (χ4v) is 4.33. The number of hydrogen-bond donors (Lipinski definition) is 1. The van der Waals surface area contributed by atoms with Crippen molar-refractivity contribution < 1.29 is 14.3 Å². The monoisotopic (exact) mass is 488 g/mol. The van der Waals surface area contributed by atoms with Gasteiger partial charge in [0, 0.05) is 19.2 Å². The molecule has 0 aliphatic carbocycles. The first-order valence-corrected chi connectivity index (χ1v) is 11.5. The van der Waals surface area contributed by atoms with Crippen LogP contribution in [0, 0.1) is 0 Å². The Kier molecular flexibility index (Phi) is 6.29. The number of ether oxygens (including phenoxy) is 1. The molecule has 1 fully saturated rings. The van der Waals surface area contributed by atoms with Crippen LogP contribution < -0.4 is 4.90 Å². The maximum atomic E-state index is 13.5. The second kappa shape index (κ2) is 8.88. The van der Waals surface area contributed by atoms with Crippen LogP contribution in [-0.4, -0.2) is 52.1 Å². The summed E-state index contributed by atoms with van der Waals surface area (Å²) in [6.07, 6.45) is 0.869. The molecule has 3 aromatic rings. The molecule has 2 aromatic carbocycles. The topological polar surface area (TPSA) is 78.5 Å². The number of halogens is 2. The van der Waals surface area contributed by atoms with Crippen LogP contribution >= 0.6 is 23.2 Å². The second-order valence-electron chi connectivity index (χ2n) is 9.12. The molecule has 2 amide bonds. The largest absolute Gasteiger partial charge is 0.444 e. The molecule has 0 spiro atoms. The summed E-state index contributed by atoms with van der Waals surface area (Å²) in [6.45, 7) is 5.93. The summed E-state index contributed by atoms with van der Waals surface area (Å²) in [7, 11) is 1.71. The summed E-state index contributed by atoms with van der Waals surface area (Å²) >= 11 is 12.3. The van der Waals surface area contributed by atoms with E-state index < -0.39 is 17.7 Å². The van der Waals surface area contributed by atoms with Gasteiger partial charge in [-0.05, 0) is 57.9 Å². The van der Waals surface area contributed by atoms with Crippen LogP contribution in [0.4, 0.5) is 10.5 Å². The van der Waals surface area contributed by atoms with Crippen molar-refractivity contribution in [3.63, 3.8) is 0 Å². The number of benzene rings is 2. The van der Waals surface area contributed by atoms with Gasteiger partial charge in [0.1, 0.15) is 17.5 Å². The number of aromatic amines is 1. The highest BCUT2D eigenvalue weighted by molar-refractivity contribution is 6.42. The van der Waals surface area contributed by atoms with Gasteiger partial charge in [-0.3, -0.25) is 9.69 Å². The molecule has 1 aliphatic rings. The molecule has 1 aromatic heterocycles. The Balaban J connectivity index is 1.64. The van der Waals surface area contributed by atoms with Gasteiger partial charge in [0.2, 0.25) is 5.91 Å². The lowest BCUT2D eigenvalue weighted by Crippen LogP contribution is -2.48.